The standard InChI is InChI=1S/C10H16O6/c1-4-5-6-15-7(9(11)13-2)8(16-6)10(12)14-3/h6-8H,4-5H2,1-3H3. The monoisotopic (exact) mass is 232 g/mol. The molecule has 6 heteroatoms. The minimum atomic E-state index is -1.03. The smallest absolute Gasteiger partial charge is 0.338 e. The molecule has 0 aromatic rings. The van der Waals surface area contributed by atoms with E-state index in [0.29, 0.717) is 6.42 Å². The van der Waals surface area contributed by atoms with Gasteiger partial charge in [-0.3, -0.25) is 0 Å². The predicted molar refractivity (Wildman–Crippen MR) is 52.5 cm³/mol. The van der Waals surface area contributed by atoms with Gasteiger partial charge in [-0.2, -0.15) is 0 Å². The SMILES string of the molecule is CCCC1OC(C(=O)OC)C(C(=O)OC)O1. The molecular formula is C10H16O6. The zero-order valence-corrected chi connectivity index (χ0v) is 9.60. The molecule has 1 fully saturated rings. The summed E-state index contributed by atoms with van der Waals surface area (Å²) in [6.07, 6.45) is -1.19. The largest absolute Gasteiger partial charge is 0.467 e. The molecule has 1 aliphatic rings. The number of hydrogen-bond donors (Lipinski definition) is 0. The predicted octanol–water partition coefficient (Wildman–Crippen LogP) is 0.243. The van der Waals surface area contributed by atoms with Crippen molar-refractivity contribution in [2.45, 2.75) is 38.3 Å². The van der Waals surface area contributed by atoms with Gasteiger partial charge < -0.3 is 18.9 Å². The first kappa shape index (κ1) is 12.9. The molecule has 2 unspecified atom stereocenters. The Kier molecular flexibility index (Phi) is 4.70. The van der Waals surface area contributed by atoms with Crippen LogP contribution in [0.1, 0.15) is 19.8 Å². The van der Waals surface area contributed by atoms with Crippen molar-refractivity contribution in [2.24, 2.45) is 0 Å². The Morgan fingerprint density at radius 1 is 1.06 bits per heavy atom. The van der Waals surface area contributed by atoms with E-state index in [4.69, 9.17) is 9.47 Å². The zero-order valence-electron chi connectivity index (χ0n) is 9.60. The van der Waals surface area contributed by atoms with E-state index in [2.05, 4.69) is 9.47 Å². The highest BCUT2D eigenvalue weighted by Crippen LogP contribution is 2.24. The molecule has 16 heavy (non-hydrogen) atoms. The van der Waals surface area contributed by atoms with Gasteiger partial charge in [-0.15, -0.1) is 0 Å². The molecule has 1 saturated heterocycles. The molecule has 0 radical (unpaired) electrons. The topological polar surface area (TPSA) is 71.1 Å². The van der Waals surface area contributed by atoms with E-state index >= 15 is 0 Å². The van der Waals surface area contributed by atoms with Crippen LogP contribution < -0.4 is 0 Å². The molecule has 0 amide bonds. The zero-order chi connectivity index (χ0) is 12.1. The number of carbonyl (C=O) groups is 2. The second-order valence-corrected chi connectivity index (χ2v) is 3.38. The number of methoxy groups -OCH3 is 2. The third-order valence-corrected chi connectivity index (χ3v) is 2.26. The summed E-state index contributed by atoms with van der Waals surface area (Å²) in [7, 11) is 2.46. The molecule has 1 aliphatic heterocycles. The van der Waals surface area contributed by atoms with Gasteiger partial charge in [-0.25, -0.2) is 9.59 Å². The van der Waals surface area contributed by atoms with Crippen molar-refractivity contribution < 1.29 is 28.5 Å². The minimum absolute atomic E-state index is 0.557. The van der Waals surface area contributed by atoms with Gasteiger partial charge in [0, 0.05) is 0 Å². The van der Waals surface area contributed by atoms with Gasteiger partial charge in [0.2, 0.25) is 0 Å². The molecular weight excluding hydrogens is 216 g/mol. The van der Waals surface area contributed by atoms with Crippen LogP contribution in [-0.4, -0.2) is 44.7 Å². The first-order valence-corrected chi connectivity index (χ1v) is 5.10. The minimum Gasteiger partial charge on any atom is -0.467 e. The fourth-order valence-electron chi connectivity index (χ4n) is 1.46. The van der Waals surface area contributed by atoms with Gasteiger partial charge in [0.1, 0.15) is 0 Å². The maximum absolute atomic E-state index is 11.4. The summed E-state index contributed by atoms with van der Waals surface area (Å²) in [6, 6.07) is 0. The van der Waals surface area contributed by atoms with Crippen LogP contribution in [0.2, 0.25) is 0 Å². The summed E-state index contributed by atoms with van der Waals surface area (Å²) in [6.45, 7) is 1.95. The summed E-state index contributed by atoms with van der Waals surface area (Å²) in [5.41, 5.74) is 0. The van der Waals surface area contributed by atoms with Crippen molar-refractivity contribution in [1.29, 1.82) is 0 Å². The normalized spacial score (nSPS) is 28.8. The second-order valence-electron chi connectivity index (χ2n) is 3.38. The van der Waals surface area contributed by atoms with Gasteiger partial charge in [-0.1, -0.05) is 13.3 Å². The van der Waals surface area contributed by atoms with Gasteiger partial charge in [0.15, 0.2) is 18.5 Å². The van der Waals surface area contributed by atoms with E-state index in [1.54, 1.807) is 0 Å². The Bertz CT molecular complexity index is 240. The Balaban J connectivity index is 2.70. The molecule has 2 atom stereocenters. The van der Waals surface area contributed by atoms with E-state index in [-0.39, 0.29) is 0 Å². The van der Waals surface area contributed by atoms with Gasteiger partial charge in [0.05, 0.1) is 14.2 Å². The van der Waals surface area contributed by atoms with E-state index in [1.165, 1.54) is 14.2 Å². The quantitative estimate of drug-likeness (QED) is 0.647. The van der Waals surface area contributed by atoms with Crippen LogP contribution in [0.4, 0.5) is 0 Å². The summed E-state index contributed by atoms with van der Waals surface area (Å²) in [5.74, 6) is -1.26. The molecule has 0 saturated carbocycles. The highest BCUT2D eigenvalue weighted by atomic mass is 16.8. The first-order chi connectivity index (χ1) is 7.63. The maximum Gasteiger partial charge on any atom is 0.338 e. The van der Waals surface area contributed by atoms with Crippen LogP contribution in [0.25, 0.3) is 0 Å². The Morgan fingerprint density at radius 3 is 1.81 bits per heavy atom. The summed E-state index contributed by atoms with van der Waals surface area (Å²) < 4.78 is 19.7. The maximum atomic E-state index is 11.4. The number of rotatable bonds is 4. The molecule has 0 aromatic carbocycles. The lowest BCUT2D eigenvalue weighted by Gasteiger charge is -2.11. The molecule has 92 valence electrons. The lowest BCUT2D eigenvalue weighted by molar-refractivity contribution is -0.160. The number of carbonyl (C=O) groups excluding carboxylic acids is 2. The molecule has 0 spiro atoms. The van der Waals surface area contributed by atoms with Crippen LogP contribution in [0.5, 0.6) is 0 Å². The average molecular weight is 232 g/mol. The first-order valence-electron chi connectivity index (χ1n) is 5.10. The average Bonchev–Trinajstić information content (AvgIpc) is 2.71. The number of hydrogen-bond acceptors (Lipinski definition) is 6. The van der Waals surface area contributed by atoms with Crippen molar-refractivity contribution in [2.75, 3.05) is 14.2 Å². The van der Waals surface area contributed by atoms with Crippen molar-refractivity contribution in [1.82, 2.24) is 0 Å². The van der Waals surface area contributed by atoms with Crippen LogP contribution in [0.3, 0.4) is 0 Å². The Morgan fingerprint density at radius 2 is 1.50 bits per heavy atom. The number of ether oxygens (including phenoxy) is 4. The van der Waals surface area contributed by atoms with Gasteiger partial charge in [-0.05, 0) is 6.42 Å². The van der Waals surface area contributed by atoms with E-state index < -0.39 is 30.4 Å². The van der Waals surface area contributed by atoms with E-state index in [1.807, 2.05) is 6.92 Å². The highest BCUT2D eigenvalue weighted by Gasteiger charge is 2.46. The lowest BCUT2D eigenvalue weighted by Crippen LogP contribution is -2.38. The summed E-state index contributed by atoms with van der Waals surface area (Å²) >= 11 is 0. The van der Waals surface area contributed by atoms with Crippen molar-refractivity contribution in [3.63, 3.8) is 0 Å². The summed E-state index contributed by atoms with van der Waals surface area (Å²) in [5, 5.41) is 0. The molecule has 0 bridgehead atoms. The van der Waals surface area contributed by atoms with Crippen molar-refractivity contribution >= 4 is 11.9 Å². The van der Waals surface area contributed by atoms with Gasteiger partial charge in [0.25, 0.3) is 0 Å². The van der Waals surface area contributed by atoms with Crippen molar-refractivity contribution in [3.05, 3.63) is 0 Å². The highest BCUT2D eigenvalue weighted by molar-refractivity contribution is 5.86. The van der Waals surface area contributed by atoms with Crippen molar-refractivity contribution in [3.8, 4) is 0 Å². The lowest BCUT2D eigenvalue weighted by atomic mass is 10.2. The summed E-state index contributed by atoms with van der Waals surface area (Å²) in [4.78, 5) is 22.7. The van der Waals surface area contributed by atoms with Gasteiger partial charge >= 0.3 is 11.9 Å². The molecule has 6 nitrogen and oxygen atoms in total. The molecule has 0 aliphatic carbocycles. The van der Waals surface area contributed by atoms with Crippen LogP contribution in [0.15, 0.2) is 0 Å². The Hall–Kier alpha value is -1.14. The van der Waals surface area contributed by atoms with E-state index in [9.17, 15) is 9.59 Å². The third kappa shape index (κ3) is 2.70. The molecule has 1 rings (SSSR count). The molecule has 0 N–H and O–H groups in total. The van der Waals surface area contributed by atoms with Crippen LogP contribution >= 0.6 is 0 Å². The van der Waals surface area contributed by atoms with E-state index in [0.717, 1.165) is 6.42 Å². The second kappa shape index (κ2) is 5.81. The van der Waals surface area contributed by atoms with Crippen LogP contribution in [0, 0.1) is 0 Å². The molecule has 0 aromatic heterocycles. The number of esters is 2. The fourth-order valence-corrected chi connectivity index (χ4v) is 1.46. The Labute approximate surface area is 93.8 Å². The third-order valence-electron chi connectivity index (χ3n) is 2.26. The fraction of sp³-hybridized carbons (Fsp3) is 0.800. The van der Waals surface area contributed by atoms with Crippen LogP contribution in [-0.2, 0) is 28.5 Å². The molecule has 1 heterocycles.